The number of halogens is 1. The summed E-state index contributed by atoms with van der Waals surface area (Å²) in [5.41, 5.74) is 0.0202. The van der Waals surface area contributed by atoms with E-state index in [9.17, 15) is 14.3 Å². The molecule has 4 nitrogen and oxygen atoms in total. The predicted molar refractivity (Wildman–Crippen MR) is 90.9 cm³/mol. The molecule has 1 N–H and O–H groups in total. The number of methoxy groups -OCH3 is 1. The van der Waals surface area contributed by atoms with Gasteiger partial charge >= 0.3 is 0 Å². The summed E-state index contributed by atoms with van der Waals surface area (Å²) in [7, 11) is 1.38. The maximum atomic E-state index is 14.4. The van der Waals surface area contributed by atoms with E-state index in [-0.39, 0.29) is 23.3 Å². The molecule has 0 spiro atoms. The Morgan fingerprint density at radius 2 is 2.29 bits per heavy atom. The highest BCUT2D eigenvalue weighted by atomic mass is 32.1. The molecule has 6 heteroatoms. The minimum atomic E-state index is -0.630. The Hall–Kier alpha value is -1.92. The first-order valence-corrected chi connectivity index (χ1v) is 8.84. The van der Waals surface area contributed by atoms with E-state index in [2.05, 4.69) is 0 Å². The molecule has 2 heterocycles. The molecule has 1 saturated heterocycles. The summed E-state index contributed by atoms with van der Waals surface area (Å²) >= 11 is 1.50. The lowest BCUT2D eigenvalue weighted by molar-refractivity contribution is 0.0665. The van der Waals surface area contributed by atoms with Crippen molar-refractivity contribution in [1.82, 2.24) is 4.90 Å². The van der Waals surface area contributed by atoms with Crippen LogP contribution in [-0.4, -0.2) is 35.6 Å². The van der Waals surface area contributed by atoms with Crippen LogP contribution in [0.5, 0.6) is 5.75 Å². The second-order valence-corrected chi connectivity index (χ2v) is 6.86. The molecule has 2 atom stereocenters. The molecule has 0 saturated carbocycles. The molecule has 3 rings (SSSR count). The molecule has 2 aromatic rings. The van der Waals surface area contributed by atoms with Crippen LogP contribution >= 0.6 is 11.3 Å². The van der Waals surface area contributed by atoms with Gasteiger partial charge in [0.25, 0.3) is 5.91 Å². The number of rotatable bonds is 5. The van der Waals surface area contributed by atoms with Crippen molar-refractivity contribution < 1.29 is 19.0 Å². The molecule has 1 aromatic carbocycles. The van der Waals surface area contributed by atoms with Crippen molar-refractivity contribution in [3.63, 3.8) is 0 Å². The summed E-state index contributed by atoms with van der Waals surface area (Å²) in [6.07, 6.45) is 1.55. The van der Waals surface area contributed by atoms with Gasteiger partial charge in [-0.25, -0.2) is 4.39 Å². The van der Waals surface area contributed by atoms with Gasteiger partial charge in [-0.2, -0.15) is 0 Å². The Morgan fingerprint density at radius 1 is 1.46 bits per heavy atom. The lowest BCUT2D eigenvalue weighted by atomic mass is 10.0. The third-order valence-corrected chi connectivity index (χ3v) is 5.39. The van der Waals surface area contributed by atoms with E-state index >= 15 is 0 Å². The average molecular weight is 349 g/mol. The maximum absolute atomic E-state index is 14.4. The number of aliphatic hydroxyl groups is 1. The van der Waals surface area contributed by atoms with E-state index in [1.165, 1.54) is 30.6 Å². The van der Waals surface area contributed by atoms with Gasteiger partial charge in [-0.3, -0.25) is 4.79 Å². The molecule has 2 unspecified atom stereocenters. The molecule has 0 bridgehead atoms. The zero-order chi connectivity index (χ0) is 17.1. The van der Waals surface area contributed by atoms with Crippen molar-refractivity contribution >= 4 is 17.2 Å². The molecule has 1 aliphatic rings. The third-order valence-electron chi connectivity index (χ3n) is 4.42. The first kappa shape index (κ1) is 16.9. The van der Waals surface area contributed by atoms with Gasteiger partial charge in [0.1, 0.15) is 0 Å². The lowest BCUT2D eigenvalue weighted by Gasteiger charge is -2.26. The molecule has 1 amide bonds. The van der Waals surface area contributed by atoms with E-state index in [0.29, 0.717) is 13.0 Å². The molecular weight excluding hydrogens is 329 g/mol. The maximum Gasteiger partial charge on any atom is 0.257 e. The lowest BCUT2D eigenvalue weighted by Crippen LogP contribution is -2.37. The number of aliphatic hydroxyl groups excluding tert-OH is 1. The number of carbonyl (C=O) groups excluding carboxylic acids is 1. The van der Waals surface area contributed by atoms with Crippen LogP contribution in [0.25, 0.3) is 0 Å². The van der Waals surface area contributed by atoms with E-state index in [1.807, 2.05) is 17.5 Å². The van der Waals surface area contributed by atoms with Crippen LogP contribution in [0, 0.1) is 5.82 Å². The normalized spacial score (nSPS) is 18.6. The average Bonchev–Trinajstić information content (AvgIpc) is 3.26. The van der Waals surface area contributed by atoms with Crippen LogP contribution in [0.2, 0.25) is 0 Å². The summed E-state index contributed by atoms with van der Waals surface area (Å²) in [6, 6.07) is 8.28. The zero-order valence-corrected chi connectivity index (χ0v) is 14.3. The van der Waals surface area contributed by atoms with E-state index in [1.54, 1.807) is 11.0 Å². The summed E-state index contributed by atoms with van der Waals surface area (Å²) in [5, 5.41) is 12.3. The number of hydrogen-bond acceptors (Lipinski definition) is 4. The number of likely N-dealkylation sites (tertiary alicyclic amines) is 1. The second-order valence-electron chi connectivity index (χ2n) is 5.88. The molecule has 0 radical (unpaired) electrons. The van der Waals surface area contributed by atoms with Crippen LogP contribution in [0.15, 0.2) is 35.7 Å². The van der Waals surface area contributed by atoms with Gasteiger partial charge < -0.3 is 14.7 Å². The minimum absolute atomic E-state index is 0.0202. The van der Waals surface area contributed by atoms with Gasteiger partial charge in [0, 0.05) is 17.5 Å². The first-order valence-electron chi connectivity index (χ1n) is 7.96. The number of thiophene rings is 1. The summed E-state index contributed by atoms with van der Waals surface area (Å²) < 4.78 is 19.3. The van der Waals surface area contributed by atoms with E-state index in [4.69, 9.17) is 4.74 Å². The van der Waals surface area contributed by atoms with Crippen molar-refractivity contribution in [1.29, 1.82) is 0 Å². The quantitative estimate of drug-likeness (QED) is 0.897. The fourth-order valence-corrected chi connectivity index (χ4v) is 3.92. The number of hydrogen-bond donors (Lipinski definition) is 1. The van der Waals surface area contributed by atoms with Crippen LogP contribution in [-0.2, 0) is 0 Å². The van der Waals surface area contributed by atoms with E-state index < -0.39 is 11.9 Å². The van der Waals surface area contributed by atoms with Crippen LogP contribution in [0.3, 0.4) is 0 Å². The van der Waals surface area contributed by atoms with Crippen molar-refractivity contribution in [2.75, 3.05) is 13.7 Å². The molecule has 1 fully saturated rings. The topological polar surface area (TPSA) is 49.8 Å². The van der Waals surface area contributed by atoms with Gasteiger partial charge in [0.05, 0.1) is 18.8 Å². The zero-order valence-electron chi connectivity index (χ0n) is 13.4. The highest BCUT2D eigenvalue weighted by Crippen LogP contribution is 2.31. The van der Waals surface area contributed by atoms with Crippen molar-refractivity contribution in [2.24, 2.45) is 0 Å². The molecule has 0 aliphatic carbocycles. The predicted octanol–water partition coefficient (Wildman–Crippen LogP) is 3.62. The Balaban J connectivity index is 1.76. The Bertz CT molecular complexity index is 704. The van der Waals surface area contributed by atoms with Gasteiger partial charge in [0.15, 0.2) is 11.6 Å². The Labute approximate surface area is 144 Å². The monoisotopic (exact) mass is 349 g/mol. The molecule has 1 aliphatic heterocycles. The summed E-state index contributed by atoms with van der Waals surface area (Å²) in [4.78, 5) is 15.3. The minimum Gasteiger partial charge on any atom is -0.494 e. The SMILES string of the molecule is COc1cccc(C(=O)N2CCCC2CC(O)c2cccs2)c1F. The van der Waals surface area contributed by atoms with Crippen molar-refractivity contribution in [3.8, 4) is 5.75 Å². The van der Waals surface area contributed by atoms with Gasteiger partial charge in [-0.15, -0.1) is 11.3 Å². The standard InChI is InChI=1S/C18H20FNO3S/c1-23-15-7-2-6-13(17(15)19)18(22)20-9-3-5-12(20)11-14(21)16-8-4-10-24-16/h2,4,6-8,10,12,14,21H,3,5,9,11H2,1H3. The highest BCUT2D eigenvalue weighted by molar-refractivity contribution is 7.10. The molecule has 1 aromatic heterocycles. The number of carbonyl (C=O) groups is 1. The summed E-state index contributed by atoms with van der Waals surface area (Å²) in [6.45, 7) is 0.581. The fourth-order valence-electron chi connectivity index (χ4n) is 3.19. The van der Waals surface area contributed by atoms with Crippen LogP contribution in [0.4, 0.5) is 4.39 Å². The second kappa shape index (κ2) is 7.32. The number of nitrogens with zero attached hydrogens (tertiary/aromatic N) is 1. The fraction of sp³-hybridized carbons (Fsp3) is 0.389. The first-order chi connectivity index (χ1) is 11.6. The largest absolute Gasteiger partial charge is 0.494 e. The van der Waals surface area contributed by atoms with Crippen LogP contribution < -0.4 is 4.74 Å². The number of ether oxygens (including phenoxy) is 1. The van der Waals surface area contributed by atoms with Gasteiger partial charge in [-0.1, -0.05) is 12.1 Å². The van der Waals surface area contributed by atoms with E-state index in [0.717, 1.165) is 17.7 Å². The Kier molecular flexibility index (Phi) is 5.16. The van der Waals surface area contributed by atoms with Gasteiger partial charge in [0.2, 0.25) is 0 Å². The third kappa shape index (κ3) is 3.30. The number of benzene rings is 1. The smallest absolute Gasteiger partial charge is 0.257 e. The molecule has 24 heavy (non-hydrogen) atoms. The summed E-state index contributed by atoms with van der Waals surface area (Å²) in [5.74, 6) is -0.906. The molecule has 128 valence electrons. The number of amides is 1. The Morgan fingerprint density at radius 3 is 3.00 bits per heavy atom. The van der Waals surface area contributed by atoms with Crippen molar-refractivity contribution in [3.05, 3.63) is 52.0 Å². The molecular formula is C18H20FNO3S. The highest BCUT2D eigenvalue weighted by Gasteiger charge is 2.33. The van der Waals surface area contributed by atoms with Crippen molar-refractivity contribution in [2.45, 2.75) is 31.4 Å². The van der Waals surface area contributed by atoms with Gasteiger partial charge in [-0.05, 0) is 42.8 Å². The van der Waals surface area contributed by atoms with Crippen LogP contribution in [0.1, 0.15) is 40.6 Å².